The van der Waals surface area contributed by atoms with Crippen molar-refractivity contribution in [2.24, 2.45) is 11.8 Å². The summed E-state index contributed by atoms with van der Waals surface area (Å²) in [6, 6.07) is 6.46. The van der Waals surface area contributed by atoms with Gasteiger partial charge in [0.05, 0.1) is 6.16 Å². The Balaban J connectivity index is 1.80. The summed E-state index contributed by atoms with van der Waals surface area (Å²) in [6.45, 7) is -1.38. The van der Waals surface area contributed by atoms with E-state index in [2.05, 4.69) is 0 Å². The van der Waals surface area contributed by atoms with Crippen LogP contribution in [0.3, 0.4) is 0 Å². The standard InChI is InChI=1S/C23H28F3O4P/c24-23(25,26)14-30-22(18-8-3-5-15(11-18)13-31(27,28)29)21-17-7-4-10-20(21)19-9-2-1-6-16(19)12-17/h3,5,8,11,17,20H,1-2,4,6-7,9-10,12-14H2,(H2,27,28,29)/b22-21+. The lowest BCUT2D eigenvalue weighted by atomic mass is 9.62. The second-order valence-corrected chi connectivity index (χ2v) is 10.6. The third kappa shape index (κ3) is 5.44. The van der Waals surface area contributed by atoms with Crippen LogP contribution in [0.15, 0.2) is 41.0 Å². The lowest BCUT2D eigenvalue weighted by Gasteiger charge is -2.43. The minimum atomic E-state index is -4.46. The number of rotatable bonds is 5. The van der Waals surface area contributed by atoms with E-state index in [1.165, 1.54) is 17.6 Å². The van der Waals surface area contributed by atoms with Crippen molar-refractivity contribution in [2.45, 2.75) is 63.7 Å². The number of halogens is 3. The maximum Gasteiger partial charge on any atom is 0.422 e. The molecule has 1 aromatic carbocycles. The van der Waals surface area contributed by atoms with Gasteiger partial charge < -0.3 is 14.5 Å². The van der Waals surface area contributed by atoms with Crippen molar-refractivity contribution in [1.82, 2.24) is 0 Å². The van der Waals surface area contributed by atoms with E-state index in [0.29, 0.717) is 11.1 Å². The first kappa shape index (κ1) is 22.6. The van der Waals surface area contributed by atoms with Gasteiger partial charge in [-0.25, -0.2) is 0 Å². The highest BCUT2D eigenvalue weighted by atomic mass is 31.2. The maximum atomic E-state index is 13.1. The summed E-state index contributed by atoms with van der Waals surface area (Å²) in [4.78, 5) is 18.7. The number of hydrogen-bond donors (Lipinski definition) is 2. The van der Waals surface area contributed by atoms with Gasteiger partial charge in [-0.1, -0.05) is 35.8 Å². The van der Waals surface area contributed by atoms with E-state index in [-0.39, 0.29) is 17.6 Å². The van der Waals surface area contributed by atoms with E-state index < -0.39 is 26.5 Å². The fraction of sp³-hybridized carbons (Fsp3) is 0.565. The molecule has 0 spiro atoms. The highest BCUT2D eigenvalue weighted by Gasteiger charge is 2.40. The monoisotopic (exact) mass is 456 g/mol. The molecule has 31 heavy (non-hydrogen) atoms. The molecule has 0 aromatic heterocycles. The van der Waals surface area contributed by atoms with Crippen LogP contribution in [0.5, 0.6) is 0 Å². The maximum absolute atomic E-state index is 13.1. The Labute approximate surface area is 180 Å². The van der Waals surface area contributed by atoms with Crippen molar-refractivity contribution >= 4 is 13.4 Å². The van der Waals surface area contributed by atoms with Crippen LogP contribution < -0.4 is 0 Å². The quantitative estimate of drug-likeness (QED) is 0.308. The Morgan fingerprint density at radius 1 is 1.13 bits per heavy atom. The normalized spacial score (nSPS) is 25.8. The zero-order valence-corrected chi connectivity index (χ0v) is 18.2. The van der Waals surface area contributed by atoms with Crippen LogP contribution in [0.4, 0.5) is 13.2 Å². The topological polar surface area (TPSA) is 66.8 Å². The number of ether oxygens (including phenoxy) is 1. The molecule has 2 unspecified atom stereocenters. The second-order valence-electron chi connectivity index (χ2n) is 8.93. The SMILES string of the molecule is O=P(O)(O)Cc1cccc(/C(OCC(F)(F)F)=C2/C3CCCC2C2=C(CCCC2)C3)c1. The molecule has 3 aliphatic rings. The Morgan fingerprint density at radius 2 is 1.90 bits per heavy atom. The zero-order chi connectivity index (χ0) is 22.2. The lowest BCUT2D eigenvalue weighted by molar-refractivity contribution is -0.158. The third-order valence-electron chi connectivity index (χ3n) is 6.62. The van der Waals surface area contributed by atoms with Crippen LogP contribution in [0.25, 0.3) is 5.76 Å². The van der Waals surface area contributed by atoms with Gasteiger partial charge in [-0.05, 0) is 68.1 Å². The summed E-state index contributed by atoms with van der Waals surface area (Å²) in [5.74, 6) is 0.553. The number of allylic oxidation sites excluding steroid dienone is 3. The molecule has 1 fully saturated rings. The molecule has 1 saturated carbocycles. The van der Waals surface area contributed by atoms with E-state index in [0.717, 1.165) is 50.5 Å². The number of benzene rings is 1. The average molecular weight is 456 g/mol. The number of alkyl halides is 3. The number of fused-ring (bicyclic) bond motifs is 3. The van der Waals surface area contributed by atoms with Crippen LogP contribution in [-0.4, -0.2) is 22.6 Å². The molecular formula is C23H28F3O4P. The first-order valence-corrected chi connectivity index (χ1v) is 12.7. The molecule has 0 amide bonds. The summed E-state index contributed by atoms with van der Waals surface area (Å²) in [5, 5.41) is 0. The van der Waals surface area contributed by atoms with E-state index in [1.807, 2.05) is 0 Å². The summed E-state index contributed by atoms with van der Waals surface area (Å²) < 4.78 is 56.2. The van der Waals surface area contributed by atoms with Crippen LogP contribution in [0, 0.1) is 11.8 Å². The summed E-state index contributed by atoms with van der Waals surface area (Å²) in [7, 11) is -4.29. The van der Waals surface area contributed by atoms with Gasteiger partial charge in [-0.3, -0.25) is 4.57 Å². The van der Waals surface area contributed by atoms with Gasteiger partial charge in [0.2, 0.25) is 0 Å². The minimum Gasteiger partial charge on any atom is -0.484 e. The smallest absolute Gasteiger partial charge is 0.422 e. The molecule has 170 valence electrons. The molecule has 2 N–H and O–H groups in total. The van der Waals surface area contributed by atoms with E-state index >= 15 is 0 Å². The van der Waals surface area contributed by atoms with E-state index in [9.17, 15) is 27.5 Å². The fourth-order valence-corrected chi connectivity index (χ4v) is 6.23. The molecule has 8 heteroatoms. The Hall–Kier alpha value is -1.56. The van der Waals surface area contributed by atoms with Gasteiger partial charge in [0.1, 0.15) is 5.76 Å². The summed E-state index contributed by atoms with van der Waals surface area (Å²) >= 11 is 0. The predicted molar refractivity (Wildman–Crippen MR) is 112 cm³/mol. The molecule has 2 bridgehead atoms. The lowest BCUT2D eigenvalue weighted by Crippen LogP contribution is -2.30. The molecule has 0 heterocycles. The molecule has 3 aliphatic carbocycles. The first-order valence-electron chi connectivity index (χ1n) is 10.9. The van der Waals surface area contributed by atoms with Gasteiger partial charge >= 0.3 is 13.8 Å². The molecule has 0 saturated heterocycles. The van der Waals surface area contributed by atoms with E-state index in [1.54, 1.807) is 24.3 Å². The van der Waals surface area contributed by atoms with Crippen molar-refractivity contribution in [3.8, 4) is 0 Å². The van der Waals surface area contributed by atoms with E-state index in [4.69, 9.17) is 4.74 Å². The van der Waals surface area contributed by atoms with Crippen molar-refractivity contribution in [3.05, 3.63) is 52.1 Å². The van der Waals surface area contributed by atoms with Gasteiger partial charge in [0, 0.05) is 11.5 Å². The van der Waals surface area contributed by atoms with Gasteiger partial charge in [0.15, 0.2) is 6.61 Å². The van der Waals surface area contributed by atoms with Gasteiger partial charge in [0.25, 0.3) is 0 Å². The second kappa shape index (κ2) is 8.76. The fourth-order valence-electron chi connectivity index (χ4n) is 5.56. The summed E-state index contributed by atoms with van der Waals surface area (Å²) in [6.07, 6.45) is 3.27. The Morgan fingerprint density at radius 3 is 2.65 bits per heavy atom. The zero-order valence-electron chi connectivity index (χ0n) is 17.3. The number of hydrogen-bond acceptors (Lipinski definition) is 2. The molecule has 0 radical (unpaired) electrons. The highest BCUT2D eigenvalue weighted by Crippen LogP contribution is 2.53. The van der Waals surface area contributed by atoms with Crippen molar-refractivity contribution in [3.63, 3.8) is 0 Å². The minimum absolute atomic E-state index is 0.122. The molecule has 4 rings (SSSR count). The van der Waals surface area contributed by atoms with Crippen LogP contribution >= 0.6 is 7.60 Å². The van der Waals surface area contributed by atoms with Crippen LogP contribution in [0.2, 0.25) is 0 Å². The molecule has 1 aromatic rings. The molecule has 2 atom stereocenters. The van der Waals surface area contributed by atoms with Crippen LogP contribution in [-0.2, 0) is 15.5 Å². The molecular weight excluding hydrogens is 428 g/mol. The molecule has 4 nitrogen and oxygen atoms in total. The average Bonchev–Trinajstić information content (AvgIpc) is 2.66. The highest BCUT2D eigenvalue weighted by molar-refractivity contribution is 7.50. The summed E-state index contributed by atoms with van der Waals surface area (Å²) in [5.41, 5.74) is 4.72. The van der Waals surface area contributed by atoms with Gasteiger partial charge in [-0.15, -0.1) is 0 Å². The largest absolute Gasteiger partial charge is 0.484 e. The molecule has 0 aliphatic heterocycles. The van der Waals surface area contributed by atoms with Gasteiger partial charge in [-0.2, -0.15) is 13.2 Å². The predicted octanol–water partition coefficient (Wildman–Crippen LogP) is 6.34. The first-order chi connectivity index (χ1) is 14.6. The van der Waals surface area contributed by atoms with Crippen molar-refractivity contribution < 1.29 is 32.3 Å². The Kier molecular flexibility index (Phi) is 6.39. The van der Waals surface area contributed by atoms with Crippen LogP contribution in [0.1, 0.15) is 62.5 Å². The van der Waals surface area contributed by atoms with Crippen molar-refractivity contribution in [2.75, 3.05) is 6.61 Å². The third-order valence-corrected chi connectivity index (χ3v) is 7.40. The Bertz CT molecular complexity index is 944. The van der Waals surface area contributed by atoms with Crippen molar-refractivity contribution in [1.29, 1.82) is 0 Å².